The molecule has 2 unspecified atom stereocenters. The van der Waals surface area contributed by atoms with E-state index in [2.05, 4.69) is 5.32 Å². The molecule has 1 aromatic rings. The smallest absolute Gasteiger partial charge is 0.312 e. The average molecular weight is 288 g/mol. The van der Waals surface area contributed by atoms with Crippen molar-refractivity contribution in [2.75, 3.05) is 20.6 Å². The largest absolute Gasteiger partial charge is 0.390 e. The zero-order chi connectivity index (χ0) is 15.3. The molecule has 0 fully saturated rings. The van der Waals surface area contributed by atoms with Crippen LogP contribution in [0.2, 0.25) is 0 Å². The Kier molecular flexibility index (Phi) is 6.02. The molecule has 20 heavy (non-hydrogen) atoms. The first kappa shape index (κ1) is 17.0. The minimum Gasteiger partial charge on any atom is -0.312 e. The first-order valence-electron chi connectivity index (χ1n) is 6.75. The third kappa shape index (κ3) is 5.13. The molecule has 0 amide bonds. The Labute approximate surface area is 119 Å². The number of aryl methyl sites for hydroxylation is 1. The van der Waals surface area contributed by atoms with Crippen molar-refractivity contribution in [3.8, 4) is 0 Å². The van der Waals surface area contributed by atoms with Crippen LogP contribution in [0, 0.1) is 6.92 Å². The Balaban J connectivity index is 2.71. The van der Waals surface area contributed by atoms with Crippen molar-refractivity contribution in [2.45, 2.75) is 38.5 Å². The Morgan fingerprint density at radius 3 is 2.20 bits per heavy atom. The molecule has 2 nitrogen and oxygen atoms in total. The molecule has 1 N–H and O–H groups in total. The molecule has 0 aliphatic carbocycles. The van der Waals surface area contributed by atoms with Gasteiger partial charge in [-0.25, -0.2) is 0 Å². The molecule has 1 aromatic carbocycles. The summed E-state index contributed by atoms with van der Waals surface area (Å²) in [5, 5.41) is 3.19. The van der Waals surface area contributed by atoms with Gasteiger partial charge >= 0.3 is 6.18 Å². The summed E-state index contributed by atoms with van der Waals surface area (Å²) in [4.78, 5) is 1.74. The molecule has 0 saturated carbocycles. The van der Waals surface area contributed by atoms with Crippen LogP contribution in [-0.4, -0.2) is 37.8 Å². The summed E-state index contributed by atoms with van der Waals surface area (Å²) < 4.78 is 36.9. The van der Waals surface area contributed by atoms with Crippen LogP contribution in [0.5, 0.6) is 0 Å². The van der Waals surface area contributed by atoms with E-state index in [1.165, 1.54) is 5.56 Å². The predicted octanol–water partition coefficient (Wildman–Crippen LogP) is 3.53. The predicted molar refractivity (Wildman–Crippen MR) is 75.7 cm³/mol. The van der Waals surface area contributed by atoms with Crippen LogP contribution in [0.1, 0.15) is 30.5 Å². The van der Waals surface area contributed by atoms with Gasteiger partial charge in [-0.05, 0) is 33.5 Å². The SMILES string of the molecule is CNC(c1ccc(C)cc1)C(C)N(C)CCC(F)(F)F. The second kappa shape index (κ2) is 7.09. The van der Waals surface area contributed by atoms with Gasteiger partial charge in [-0.3, -0.25) is 0 Å². The van der Waals surface area contributed by atoms with Crippen LogP contribution in [0.4, 0.5) is 13.2 Å². The van der Waals surface area contributed by atoms with Crippen LogP contribution in [0.3, 0.4) is 0 Å². The summed E-state index contributed by atoms with van der Waals surface area (Å²) in [5.74, 6) is 0. The average Bonchev–Trinajstić information content (AvgIpc) is 2.38. The Morgan fingerprint density at radius 1 is 1.20 bits per heavy atom. The number of nitrogens with one attached hydrogen (secondary N) is 1. The van der Waals surface area contributed by atoms with E-state index in [1.54, 1.807) is 11.9 Å². The molecular formula is C15H23F3N2. The first-order chi connectivity index (χ1) is 9.24. The Hall–Kier alpha value is -1.07. The van der Waals surface area contributed by atoms with Gasteiger partial charge in [0.25, 0.3) is 0 Å². The molecule has 0 aliphatic rings. The number of hydrogen-bond acceptors (Lipinski definition) is 2. The zero-order valence-corrected chi connectivity index (χ0v) is 12.5. The summed E-state index contributed by atoms with van der Waals surface area (Å²) in [7, 11) is 3.56. The quantitative estimate of drug-likeness (QED) is 0.861. The standard InChI is InChI=1S/C15H23F3N2/c1-11-5-7-13(8-6-11)14(19-3)12(2)20(4)10-9-15(16,17)18/h5-8,12,14,19H,9-10H2,1-4H3. The Bertz CT molecular complexity index is 401. The van der Waals surface area contributed by atoms with Gasteiger partial charge < -0.3 is 10.2 Å². The zero-order valence-electron chi connectivity index (χ0n) is 12.5. The molecule has 114 valence electrons. The monoisotopic (exact) mass is 288 g/mol. The fraction of sp³-hybridized carbons (Fsp3) is 0.600. The molecule has 0 bridgehead atoms. The second-order valence-corrected chi connectivity index (χ2v) is 5.26. The number of halogens is 3. The molecule has 5 heteroatoms. The van der Waals surface area contributed by atoms with Gasteiger partial charge in [0.05, 0.1) is 6.42 Å². The van der Waals surface area contributed by atoms with E-state index in [4.69, 9.17) is 0 Å². The van der Waals surface area contributed by atoms with Crippen molar-refractivity contribution in [3.63, 3.8) is 0 Å². The maximum atomic E-state index is 12.3. The van der Waals surface area contributed by atoms with Crippen molar-refractivity contribution >= 4 is 0 Å². The normalized spacial score (nSPS) is 15.4. The van der Waals surface area contributed by atoms with Gasteiger partial charge in [0.15, 0.2) is 0 Å². The number of rotatable bonds is 6. The molecule has 2 atom stereocenters. The van der Waals surface area contributed by atoms with E-state index in [9.17, 15) is 13.2 Å². The van der Waals surface area contributed by atoms with Gasteiger partial charge in [-0.1, -0.05) is 29.8 Å². The number of likely N-dealkylation sites (N-methyl/N-ethyl adjacent to an activating group) is 2. The minimum absolute atomic E-state index is 0.00818. The highest BCUT2D eigenvalue weighted by Gasteiger charge is 2.29. The molecular weight excluding hydrogens is 265 g/mol. The third-order valence-electron chi connectivity index (χ3n) is 3.67. The number of benzene rings is 1. The van der Waals surface area contributed by atoms with Crippen molar-refractivity contribution in [3.05, 3.63) is 35.4 Å². The van der Waals surface area contributed by atoms with E-state index in [0.29, 0.717) is 0 Å². The summed E-state index contributed by atoms with van der Waals surface area (Å²) in [6.45, 7) is 3.96. The third-order valence-corrected chi connectivity index (χ3v) is 3.67. The van der Waals surface area contributed by atoms with Crippen molar-refractivity contribution in [1.82, 2.24) is 10.2 Å². The van der Waals surface area contributed by atoms with E-state index in [1.807, 2.05) is 45.2 Å². The summed E-state index contributed by atoms with van der Waals surface area (Å²) in [6.07, 6.45) is -4.88. The van der Waals surface area contributed by atoms with E-state index >= 15 is 0 Å². The molecule has 0 aliphatic heterocycles. The lowest BCUT2D eigenvalue weighted by molar-refractivity contribution is -0.138. The summed E-state index contributed by atoms with van der Waals surface area (Å²) in [5.41, 5.74) is 2.26. The van der Waals surface area contributed by atoms with Crippen LogP contribution in [0.25, 0.3) is 0 Å². The number of nitrogens with zero attached hydrogens (tertiary/aromatic N) is 1. The molecule has 0 aromatic heterocycles. The van der Waals surface area contributed by atoms with Crippen LogP contribution in [0.15, 0.2) is 24.3 Å². The highest BCUT2D eigenvalue weighted by atomic mass is 19.4. The van der Waals surface area contributed by atoms with Crippen LogP contribution in [-0.2, 0) is 0 Å². The minimum atomic E-state index is -4.10. The van der Waals surface area contributed by atoms with Gasteiger partial charge in [0, 0.05) is 18.6 Å². The van der Waals surface area contributed by atoms with E-state index < -0.39 is 12.6 Å². The van der Waals surface area contributed by atoms with Crippen LogP contribution >= 0.6 is 0 Å². The maximum Gasteiger partial charge on any atom is 0.390 e. The summed E-state index contributed by atoms with van der Waals surface area (Å²) in [6, 6.07) is 8.05. The highest BCUT2D eigenvalue weighted by molar-refractivity contribution is 5.25. The maximum absolute atomic E-state index is 12.3. The molecule has 0 spiro atoms. The molecule has 0 heterocycles. The van der Waals surface area contributed by atoms with Gasteiger partial charge in [0.1, 0.15) is 0 Å². The topological polar surface area (TPSA) is 15.3 Å². The van der Waals surface area contributed by atoms with Crippen molar-refractivity contribution in [1.29, 1.82) is 0 Å². The fourth-order valence-corrected chi connectivity index (χ4v) is 2.22. The van der Waals surface area contributed by atoms with E-state index in [-0.39, 0.29) is 18.6 Å². The van der Waals surface area contributed by atoms with Gasteiger partial charge in [-0.2, -0.15) is 13.2 Å². The lowest BCUT2D eigenvalue weighted by atomic mass is 9.98. The lowest BCUT2D eigenvalue weighted by Crippen LogP contribution is -2.41. The number of hydrogen-bond donors (Lipinski definition) is 1. The molecule has 0 radical (unpaired) electrons. The van der Waals surface area contributed by atoms with Gasteiger partial charge in [-0.15, -0.1) is 0 Å². The fourth-order valence-electron chi connectivity index (χ4n) is 2.22. The Morgan fingerprint density at radius 2 is 1.75 bits per heavy atom. The van der Waals surface area contributed by atoms with Gasteiger partial charge in [0.2, 0.25) is 0 Å². The molecule has 1 rings (SSSR count). The van der Waals surface area contributed by atoms with Crippen LogP contribution < -0.4 is 5.32 Å². The highest BCUT2D eigenvalue weighted by Crippen LogP contribution is 2.23. The van der Waals surface area contributed by atoms with E-state index in [0.717, 1.165) is 5.56 Å². The second-order valence-electron chi connectivity index (χ2n) is 5.26. The number of alkyl halides is 3. The van der Waals surface area contributed by atoms with Crippen molar-refractivity contribution in [2.24, 2.45) is 0 Å². The lowest BCUT2D eigenvalue weighted by Gasteiger charge is -2.32. The first-order valence-corrected chi connectivity index (χ1v) is 6.75. The summed E-state index contributed by atoms with van der Waals surface area (Å²) >= 11 is 0. The molecule has 0 saturated heterocycles. The van der Waals surface area contributed by atoms with Crippen molar-refractivity contribution < 1.29 is 13.2 Å².